The number of hydrogen-bond acceptors (Lipinski definition) is 2. The summed E-state index contributed by atoms with van der Waals surface area (Å²) in [6, 6.07) is 1.91. The van der Waals surface area contributed by atoms with Crippen molar-refractivity contribution in [2.75, 3.05) is 6.61 Å². The van der Waals surface area contributed by atoms with Crippen LogP contribution in [0.15, 0.2) is 12.1 Å². The van der Waals surface area contributed by atoms with Gasteiger partial charge in [0.05, 0.1) is 6.61 Å². The number of carbonyl (C=O) groups excluding carboxylic acids is 1. The van der Waals surface area contributed by atoms with Gasteiger partial charge in [-0.1, -0.05) is 13.3 Å². The lowest BCUT2D eigenvalue weighted by molar-refractivity contribution is 0.107. The van der Waals surface area contributed by atoms with Gasteiger partial charge < -0.3 is 4.74 Å². The molecule has 0 aromatic heterocycles. The Bertz CT molecular complexity index is 371. The summed E-state index contributed by atoms with van der Waals surface area (Å²) in [5, 5.41) is -1.16. The van der Waals surface area contributed by atoms with Gasteiger partial charge in [0.2, 0.25) is 0 Å². The van der Waals surface area contributed by atoms with Crippen molar-refractivity contribution in [3.05, 3.63) is 29.3 Å². The van der Waals surface area contributed by atoms with Crippen molar-refractivity contribution in [3.8, 4) is 5.75 Å². The van der Waals surface area contributed by atoms with E-state index in [0.717, 1.165) is 25.0 Å². The first-order chi connectivity index (χ1) is 7.56. The highest BCUT2D eigenvalue weighted by Gasteiger charge is 2.17. The van der Waals surface area contributed by atoms with Crippen molar-refractivity contribution in [1.29, 1.82) is 0 Å². The van der Waals surface area contributed by atoms with Crippen LogP contribution in [0, 0.1) is 11.6 Å². The van der Waals surface area contributed by atoms with Crippen molar-refractivity contribution >= 4 is 16.8 Å². The van der Waals surface area contributed by atoms with Crippen LogP contribution < -0.4 is 4.74 Å². The smallest absolute Gasteiger partial charge is 0.258 e. The van der Waals surface area contributed by atoms with E-state index in [1.807, 2.05) is 6.92 Å². The maximum Gasteiger partial charge on any atom is 0.258 e. The Morgan fingerprint density at radius 2 is 1.94 bits per heavy atom. The third kappa shape index (κ3) is 3.17. The normalized spacial score (nSPS) is 10.2. The quantitative estimate of drug-likeness (QED) is 0.589. The van der Waals surface area contributed by atoms with Crippen LogP contribution in [0.3, 0.4) is 0 Å². The number of ether oxygens (including phenoxy) is 1. The van der Waals surface area contributed by atoms with Gasteiger partial charge in [-0.2, -0.15) is 0 Å². The van der Waals surface area contributed by atoms with Crippen LogP contribution in [0.5, 0.6) is 5.75 Å². The predicted octanol–water partition coefficient (Wildman–Crippen LogP) is 3.52. The maximum absolute atomic E-state index is 13.2. The van der Waals surface area contributed by atoms with Crippen LogP contribution in [0.25, 0.3) is 0 Å². The second-order valence-electron chi connectivity index (χ2n) is 3.24. The van der Waals surface area contributed by atoms with Gasteiger partial charge in [-0.25, -0.2) is 8.78 Å². The Balaban J connectivity index is 2.87. The van der Waals surface area contributed by atoms with E-state index in [4.69, 9.17) is 16.3 Å². The van der Waals surface area contributed by atoms with Crippen molar-refractivity contribution in [2.45, 2.75) is 19.8 Å². The summed E-state index contributed by atoms with van der Waals surface area (Å²) in [5.41, 5.74) is -0.746. The fraction of sp³-hybridized carbons (Fsp3) is 0.364. The molecule has 0 radical (unpaired) electrons. The molecule has 0 spiro atoms. The molecule has 0 unspecified atom stereocenters. The predicted molar refractivity (Wildman–Crippen MR) is 56.9 cm³/mol. The molecular formula is C11H11ClF2O2. The van der Waals surface area contributed by atoms with Gasteiger partial charge in [0, 0.05) is 12.1 Å². The van der Waals surface area contributed by atoms with Crippen molar-refractivity contribution in [3.63, 3.8) is 0 Å². The molecule has 1 rings (SSSR count). The zero-order chi connectivity index (χ0) is 12.1. The first-order valence-electron chi connectivity index (χ1n) is 4.88. The van der Waals surface area contributed by atoms with E-state index in [2.05, 4.69) is 0 Å². The van der Waals surface area contributed by atoms with Gasteiger partial charge in [0.15, 0.2) is 0 Å². The minimum absolute atomic E-state index is 0.0603. The molecular weight excluding hydrogens is 238 g/mol. The van der Waals surface area contributed by atoms with E-state index in [9.17, 15) is 13.6 Å². The number of rotatable bonds is 5. The van der Waals surface area contributed by atoms with Crippen LogP contribution in [-0.2, 0) is 0 Å². The fourth-order valence-electron chi connectivity index (χ4n) is 1.16. The second kappa shape index (κ2) is 5.80. The van der Waals surface area contributed by atoms with Crippen LogP contribution in [-0.4, -0.2) is 11.8 Å². The zero-order valence-corrected chi connectivity index (χ0v) is 9.48. The molecule has 1 aromatic carbocycles. The van der Waals surface area contributed by atoms with Crippen molar-refractivity contribution in [1.82, 2.24) is 0 Å². The Hall–Kier alpha value is -1.16. The highest BCUT2D eigenvalue weighted by atomic mass is 35.5. The van der Waals surface area contributed by atoms with E-state index in [1.54, 1.807) is 0 Å². The van der Waals surface area contributed by atoms with Gasteiger partial charge in [-0.05, 0) is 18.0 Å². The Morgan fingerprint density at radius 1 is 1.38 bits per heavy atom. The molecule has 0 N–H and O–H groups in total. The van der Waals surface area contributed by atoms with Gasteiger partial charge in [0.1, 0.15) is 22.9 Å². The summed E-state index contributed by atoms with van der Waals surface area (Å²) >= 11 is 5.03. The van der Waals surface area contributed by atoms with E-state index < -0.39 is 22.4 Å². The molecule has 0 fully saturated rings. The van der Waals surface area contributed by atoms with Gasteiger partial charge in [-0.15, -0.1) is 0 Å². The van der Waals surface area contributed by atoms with Crippen LogP contribution in [0.1, 0.15) is 30.1 Å². The van der Waals surface area contributed by atoms with Crippen molar-refractivity contribution < 1.29 is 18.3 Å². The topological polar surface area (TPSA) is 26.3 Å². The lowest BCUT2D eigenvalue weighted by atomic mass is 10.2. The highest BCUT2D eigenvalue weighted by molar-refractivity contribution is 6.67. The van der Waals surface area contributed by atoms with Crippen molar-refractivity contribution in [2.24, 2.45) is 0 Å². The third-order valence-electron chi connectivity index (χ3n) is 1.98. The van der Waals surface area contributed by atoms with E-state index in [0.29, 0.717) is 6.61 Å². The Morgan fingerprint density at radius 3 is 2.38 bits per heavy atom. The first kappa shape index (κ1) is 12.9. The summed E-state index contributed by atoms with van der Waals surface area (Å²) in [5.74, 6) is -1.96. The summed E-state index contributed by atoms with van der Waals surface area (Å²) in [6.45, 7) is 2.35. The second-order valence-corrected chi connectivity index (χ2v) is 3.58. The molecule has 0 saturated heterocycles. The fourth-order valence-corrected chi connectivity index (χ4v) is 1.34. The molecule has 0 aliphatic rings. The maximum atomic E-state index is 13.2. The molecule has 0 aliphatic heterocycles. The molecule has 2 nitrogen and oxygen atoms in total. The van der Waals surface area contributed by atoms with Crippen LogP contribution in [0.2, 0.25) is 0 Å². The number of hydrogen-bond donors (Lipinski definition) is 0. The minimum Gasteiger partial charge on any atom is -0.493 e. The third-order valence-corrected chi connectivity index (χ3v) is 2.17. The summed E-state index contributed by atoms with van der Waals surface area (Å²) < 4.78 is 31.6. The monoisotopic (exact) mass is 248 g/mol. The van der Waals surface area contributed by atoms with Gasteiger partial charge >= 0.3 is 0 Å². The first-order valence-corrected chi connectivity index (χ1v) is 5.25. The number of halogens is 3. The molecule has 88 valence electrons. The average Bonchev–Trinajstić information content (AvgIpc) is 2.16. The molecule has 1 aromatic rings. The summed E-state index contributed by atoms with van der Waals surface area (Å²) in [4.78, 5) is 10.7. The minimum atomic E-state index is -1.16. The standard InChI is InChI=1S/C11H11ClF2O2/c1-2-3-4-16-7-5-8(13)10(11(12)15)9(14)6-7/h5-6H,2-4H2,1H3. The molecule has 0 heterocycles. The van der Waals surface area contributed by atoms with Gasteiger partial charge in [0.25, 0.3) is 5.24 Å². The molecule has 0 atom stereocenters. The zero-order valence-electron chi connectivity index (χ0n) is 8.73. The molecule has 0 saturated carbocycles. The molecule has 0 amide bonds. The lowest BCUT2D eigenvalue weighted by Gasteiger charge is -2.07. The number of unbranched alkanes of at least 4 members (excludes halogenated alkanes) is 1. The largest absolute Gasteiger partial charge is 0.493 e. The van der Waals surface area contributed by atoms with Crippen LogP contribution in [0.4, 0.5) is 8.78 Å². The molecule has 16 heavy (non-hydrogen) atoms. The highest BCUT2D eigenvalue weighted by Crippen LogP contribution is 2.22. The molecule has 0 aliphatic carbocycles. The van der Waals surface area contributed by atoms with Gasteiger partial charge in [-0.3, -0.25) is 4.79 Å². The SMILES string of the molecule is CCCCOc1cc(F)c(C(=O)Cl)c(F)c1. The number of carbonyl (C=O) groups is 1. The van der Waals surface area contributed by atoms with E-state index in [-0.39, 0.29) is 5.75 Å². The van der Waals surface area contributed by atoms with Crippen LogP contribution >= 0.6 is 11.6 Å². The summed E-state index contributed by atoms with van der Waals surface area (Å²) in [6.07, 6.45) is 1.71. The van der Waals surface area contributed by atoms with E-state index >= 15 is 0 Å². The van der Waals surface area contributed by atoms with E-state index in [1.165, 1.54) is 0 Å². The Kier molecular flexibility index (Phi) is 4.68. The average molecular weight is 249 g/mol. The summed E-state index contributed by atoms with van der Waals surface area (Å²) in [7, 11) is 0. The lowest BCUT2D eigenvalue weighted by Crippen LogP contribution is -2.03. The molecule has 0 bridgehead atoms. The molecule has 5 heteroatoms. The Labute approximate surface area is 97.2 Å². The number of benzene rings is 1.